The molecule has 1 heterocycles. The molecule has 0 bridgehead atoms. The van der Waals surface area contributed by atoms with Crippen LogP contribution in [0.15, 0.2) is 22.8 Å². The Bertz CT molecular complexity index is 316. The van der Waals surface area contributed by atoms with Crippen molar-refractivity contribution in [1.29, 1.82) is 0 Å². The van der Waals surface area contributed by atoms with Gasteiger partial charge in [-0.05, 0) is 18.6 Å². The molecule has 0 spiro atoms. The second-order valence-electron chi connectivity index (χ2n) is 3.14. The molecule has 1 aromatic rings. The van der Waals surface area contributed by atoms with Gasteiger partial charge in [0.1, 0.15) is 0 Å². The van der Waals surface area contributed by atoms with Gasteiger partial charge in [0, 0.05) is 16.0 Å². The average molecular weight is 214 g/mol. The molecule has 1 aromatic heterocycles. The van der Waals surface area contributed by atoms with Gasteiger partial charge >= 0.3 is 0 Å². The molecule has 4 heteroatoms. The van der Waals surface area contributed by atoms with Gasteiger partial charge < -0.3 is 4.42 Å². The van der Waals surface area contributed by atoms with Gasteiger partial charge in [0.2, 0.25) is 5.78 Å². The topological polar surface area (TPSA) is 47.3 Å². The van der Waals surface area contributed by atoms with Crippen molar-refractivity contribution in [2.45, 2.75) is 25.5 Å². The molecule has 0 aliphatic rings. The van der Waals surface area contributed by atoms with Crippen LogP contribution >= 0.6 is 0 Å². The van der Waals surface area contributed by atoms with Gasteiger partial charge in [0.15, 0.2) is 5.76 Å². The maximum Gasteiger partial charge on any atom is 0.210 e. The van der Waals surface area contributed by atoms with Gasteiger partial charge in [-0.25, -0.2) is 0 Å². The Balaban J connectivity index is 2.54. The Kier molecular flexibility index (Phi) is 4.07. The molecule has 78 valence electrons. The second-order valence-corrected chi connectivity index (χ2v) is 5.00. The summed E-state index contributed by atoms with van der Waals surface area (Å²) in [7, 11) is -1.09. The van der Waals surface area contributed by atoms with Crippen molar-refractivity contribution >= 4 is 16.6 Å². The molecular formula is C10H14O3S. The summed E-state index contributed by atoms with van der Waals surface area (Å²) in [6, 6.07) is 3.25. The van der Waals surface area contributed by atoms with Crippen LogP contribution in [-0.4, -0.2) is 21.0 Å². The van der Waals surface area contributed by atoms with Crippen LogP contribution in [0.4, 0.5) is 0 Å². The molecular weight excluding hydrogens is 200 g/mol. The van der Waals surface area contributed by atoms with E-state index >= 15 is 0 Å². The van der Waals surface area contributed by atoms with Gasteiger partial charge in [-0.3, -0.25) is 9.00 Å². The van der Waals surface area contributed by atoms with Crippen molar-refractivity contribution < 1.29 is 13.4 Å². The molecule has 14 heavy (non-hydrogen) atoms. The zero-order valence-electron chi connectivity index (χ0n) is 8.36. The van der Waals surface area contributed by atoms with E-state index in [1.165, 1.54) is 6.26 Å². The number of hydrogen-bond acceptors (Lipinski definition) is 3. The van der Waals surface area contributed by atoms with E-state index in [2.05, 4.69) is 0 Å². The highest BCUT2D eigenvalue weighted by atomic mass is 32.2. The smallest absolute Gasteiger partial charge is 0.210 e. The maximum atomic E-state index is 11.5. The summed E-state index contributed by atoms with van der Waals surface area (Å²) in [6.45, 7) is 3.84. The second kappa shape index (κ2) is 5.10. The third-order valence-corrected chi connectivity index (χ3v) is 3.87. The third-order valence-electron chi connectivity index (χ3n) is 2.09. The number of furan rings is 1. The summed E-state index contributed by atoms with van der Waals surface area (Å²) in [5.41, 5.74) is 0. The number of Topliss-reactive ketones (excluding diaryl/α,β-unsaturated/α-hetero) is 1. The minimum absolute atomic E-state index is 0.0581. The molecule has 2 atom stereocenters. The fraction of sp³-hybridized carbons (Fsp3) is 0.500. The van der Waals surface area contributed by atoms with Crippen molar-refractivity contribution in [1.82, 2.24) is 0 Å². The Morgan fingerprint density at radius 2 is 2.36 bits per heavy atom. The van der Waals surface area contributed by atoms with E-state index in [0.717, 1.165) is 6.42 Å². The highest BCUT2D eigenvalue weighted by Gasteiger charge is 2.16. The van der Waals surface area contributed by atoms with Gasteiger partial charge in [0.05, 0.1) is 12.0 Å². The van der Waals surface area contributed by atoms with Crippen LogP contribution in [0.5, 0.6) is 0 Å². The monoisotopic (exact) mass is 214 g/mol. The van der Waals surface area contributed by atoms with Crippen LogP contribution in [0, 0.1) is 0 Å². The van der Waals surface area contributed by atoms with Crippen LogP contribution in [0.2, 0.25) is 0 Å². The number of hydrogen-bond donors (Lipinski definition) is 0. The third kappa shape index (κ3) is 2.80. The van der Waals surface area contributed by atoms with Gasteiger partial charge in [-0.2, -0.15) is 0 Å². The van der Waals surface area contributed by atoms with E-state index in [9.17, 15) is 9.00 Å². The summed E-state index contributed by atoms with van der Waals surface area (Å²) in [4.78, 5) is 11.4. The number of ketones is 1. The molecule has 0 fully saturated rings. The van der Waals surface area contributed by atoms with E-state index in [1.54, 1.807) is 12.1 Å². The van der Waals surface area contributed by atoms with E-state index < -0.39 is 10.8 Å². The Labute approximate surface area is 86.0 Å². The molecule has 0 saturated heterocycles. The van der Waals surface area contributed by atoms with Crippen LogP contribution in [-0.2, 0) is 10.8 Å². The first-order valence-corrected chi connectivity index (χ1v) is 5.97. The highest BCUT2D eigenvalue weighted by Crippen LogP contribution is 2.06. The summed E-state index contributed by atoms with van der Waals surface area (Å²) < 4.78 is 16.5. The van der Waals surface area contributed by atoms with E-state index in [4.69, 9.17) is 4.42 Å². The molecule has 1 rings (SSSR count). The molecule has 0 aliphatic carbocycles. The molecule has 0 amide bonds. The average Bonchev–Trinajstić information content (AvgIpc) is 2.69. The normalized spacial score (nSPS) is 15.0. The first-order valence-electron chi connectivity index (χ1n) is 4.59. The zero-order chi connectivity index (χ0) is 10.6. The van der Waals surface area contributed by atoms with Crippen molar-refractivity contribution in [2.24, 2.45) is 0 Å². The standard InChI is InChI=1S/C10H14O3S/c1-3-8(2)14(12)7-9(11)10-5-4-6-13-10/h4-6,8H,3,7H2,1-2H3. The maximum absolute atomic E-state index is 11.5. The summed E-state index contributed by atoms with van der Waals surface area (Å²) in [5, 5.41) is 0.0638. The lowest BCUT2D eigenvalue weighted by atomic mass is 10.3. The largest absolute Gasteiger partial charge is 0.461 e. The zero-order valence-corrected chi connectivity index (χ0v) is 9.17. The summed E-state index contributed by atoms with van der Waals surface area (Å²) in [5.74, 6) is 0.165. The quantitative estimate of drug-likeness (QED) is 0.704. The first kappa shape index (κ1) is 11.2. The van der Waals surface area contributed by atoms with Gasteiger partial charge in [0.25, 0.3) is 0 Å². The van der Waals surface area contributed by atoms with E-state index in [0.29, 0.717) is 5.76 Å². The lowest BCUT2D eigenvalue weighted by Gasteiger charge is -2.06. The number of carbonyl (C=O) groups excluding carboxylic acids is 1. The minimum atomic E-state index is -1.09. The fourth-order valence-corrected chi connectivity index (χ4v) is 2.02. The minimum Gasteiger partial charge on any atom is -0.461 e. The number of carbonyl (C=O) groups is 1. The number of rotatable bonds is 5. The van der Waals surface area contributed by atoms with Crippen molar-refractivity contribution in [3.05, 3.63) is 24.2 Å². The molecule has 3 nitrogen and oxygen atoms in total. The lowest BCUT2D eigenvalue weighted by molar-refractivity contribution is 0.0991. The molecule has 0 N–H and O–H groups in total. The van der Waals surface area contributed by atoms with Gasteiger partial charge in [-0.15, -0.1) is 0 Å². The molecule has 0 aliphatic heterocycles. The molecule has 0 radical (unpaired) electrons. The van der Waals surface area contributed by atoms with Crippen LogP contribution < -0.4 is 0 Å². The fourth-order valence-electron chi connectivity index (χ4n) is 0.966. The Morgan fingerprint density at radius 1 is 1.64 bits per heavy atom. The van der Waals surface area contributed by atoms with Gasteiger partial charge in [-0.1, -0.05) is 13.8 Å². The summed E-state index contributed by atoms with van der Waals surface area (Å²) in [6.07, 6.45) is 2.26. The molecule has 0 aromatic carbocycles. The first-order chi connectivity index (χ1) is 6.65. The summed E-state index contributed by atoms with van der Waals surface area (Å²) >= 11 is 0. The van der Waals surface area contributed by atoms with Crippen LogP contribution in [0.25, 0.3) is 0 Å². The predicted octanol–water partition coefficient (Wildman–Crippen LogP) is 2.01. The van der Waals surface area contributed by atoms with Crippen molar-refractivity contribution in [2.75, 3.05) is 5.75 Å². The predicted molar refractivity (Wildman–Crippen MR) is 55.8 cm³/mol. The van der Waals surface area contributed by atoms with E-state index in [-0.39, 0.29) is 16.8 Å². The van der Waals surface area contributed by atoms with Crippen LogP contribution in [0.1, 0.15) is 30.8 Å². The SMILES string of the molecule is CCC(C)S(=O)CC(=O)c1ccco1. The van der Waals surface area contributed by atoms with Crippen molar-refractivity contribution in [3.63, 3.8) is 0 Å². The molecule has 2 unspecified atom stereocenters. The lowest BCUT2D eigenvalue weighted by Crippen LogP contribution is -2.18. The van der Waals surface area contributed by atoms with Crippen LogP contribution in [0.3, 0.4) is 0 Å². The van der Waals surface area contributed by atoms with E-state index in [1.807, 2.05) is 13.8 Å². The molecule has 0 saturated carbocycles. The highest BCUT2D eigenvalue weighted by molar-refractivity contribution is 7.86. The Hall–Kier alpha value is -0.900. The Morgan fingerprint density at radius 3 is 2.86 bits per heavy atom. The van der Waals surface area contributed by atoms with Crippen molar-refractivity contribution in [3.8, 4) is 0 Å².